The molecular weight excluding hydrogens is 346 g/mol. The summed E-state index contributed by atoms with van der Waals surface area (Å²) in [6, 6.07) is 4.01. The van der Waals surface area contributed by atoms with E-state index in [1.165, 1.54) is 0 Å². The van der Waals surface area contributed by atoms with E-state index < -0.39 is 5.91 Å². The molecule has 0 aliphatic rings. The summed E-state index contributed by atoms with van der Waals surface area (Å²) < 4.78 is 12.3. The highest BCUT2D eigenvalue weighted by atomic mass is 16.5. The third kappa shape index (κ3) is 6.57. The lowest BCUT2D eigenvalue weighted by Crippen LogP contribution is -2.28. The lowest BCUT2D eigenvalue weighted by molar-refractivity contribution is -0.147. The molecule has 1 atom stereocenters. The maximum absolute atomic E-state index is 12.2. The maximum Gasteiger partial charge on any atom is 0.307 e. The third-order valence-electron chi connectivity index (χ3n) is 4.02. The quantitative estimate of drug-likeness (QED) is 0.407. The Morgan fingerprint density at radius 1 is 1.33 bits per heavy atom. The van der Waals surface area contributed by atoms with Crippen LogP contribution in [0.4, 0.5) is 0 Å². The van der Waals surface area contributed by atoms with Crippen molar-refractivity contribution in [3.05, 3.63) is 28.6 Å². The molecule has 0 bridgehead atoms. The van der Waals surface area contributed by atoms with Crippen molar-refractivity contribution in [2.24, 2.45) is 0 Å². The number of carbonyl (C=O) groups is 2. The van der Waals surface area contributed by atoms with Gasteiger partial charge in [-0.3, -0.25) is 9.59 Å². The maximum atomic E-state index is 12.2. The summed E-state index contributed by atoms with van der Waals surface area (Å²) in [5, 5.41) is 11.9. The van der Waals surface area contributed by atoms with Crippen LogP contribution in [0.25, 0.3) is 6.08 Å². The molecule has 0 aliphatic heterocycles. The first-order chi connectivity index (χ1) is 12.7. The monoisotopic (exact) mass is 375 g/mol. The van der Waals surface area contributed by atoms with Crippen molar-refractivity contribution in [1.29, 1.82) is 5.26 Å². The largest absolute Gasteiger partial charge is 0.463 e. The molecule has 0 aliphatic carbocycles. The Kier molecular flexibility index (Phi) is 8.76. The molecule has 7 heteroatoms. The summed E-state index contributed by atoms with van der Waals surface area (Å²) >= 11 is 0. The van der Waals surface area contributed by atoms with E-state index in [9.17, 15) is 14.9 Å². The zero-order valence-electron chi connectivity index (χ0n) is 17.0. The van der Waals surface area contributed by atoms with Gasteiger partial charge in [0.15, 0.2) is 0 Å². The van der Waals surface area contributed by atoms with Crippen LogP contribution in [0.3, 0.4) is 0 Å². The summed E-state index contributed by atoms with van der Waals surface area (Å²) in [6.07, 6.45) is 1.43. The summed E-state index contributed by atoms with van der Waals surface area (Å²) in [5.41, 5.74) is 2.78. The number of nitrogens with zero attached hydrogens (tertiary/aromatic N) is 2. The van der Waals surface area contributed by atoms with Gasteiger partial charge in [0.25, 0.3) is 5.91 Å². The lowest BCUT2D eigenvalue weighted by atomic mass is 10.1. The van der Waals surface area contributed by atoms with Crippen LogP contribution in [-0.4, -0.2) is 42.8 Å². The molecular formula is C20H29N3O4. The average molecular weight is 375 g/mol. The van der Waals surface area contributed by atoms with Crippen molar-refractivity contribution < 1.29 is 19.1 Å². The van der Waals surface area contributed by atoms with Crippen LogP contribution in [0.1, 0.15) is 50.2 Å². The minimum absolute atomic E-state index is 0.00753. The van der Waals surface area contributed by atoms with Crippen LogP contribution in [-0.2, 0) is 19.1 Å². The fourth-order valence-electron chi connectivity index (χ4n) is 2.94. The number of amides is 1. The number of rotatable bonds is 9. The van der Waals surface area contributed by atoms with Crippen molar-refractivity contribution in [3.8, 4) is 6.07 Å². The third-order valence-corrected chi connectivity index (χ3v) is 4.02. The molecule has 1 amide bonds. The zero-order chi connectivity index (χ0) is 20.6. The molecule has 1 N–H and O–H groups in total. The predicted molar refractivity (Wildman–Crippen MR) is 103 cm³/mol. The van der Waals surface area contributed by atoms with Crippen molar-refractivity contribution in [1.82, 2.24) is 9.88 Å². The van der Waals surface area contributed by atoms with Crippen molar-refractivity contribution in [2.45, 2.75) is 53.2 Å². The van der Waals surface area contributed by atoms with Crippen molar-refractivity contribution in [3.63, 3.8) is 0 Å². The molecule has 0 saturated carbocycles. The van der Waals surface area contributed by atoms with Crippen LogP contribution in [0, 0.1) is 25.2 Å². The topological polar surface area (TPSA) is 93.4 Å². The highest BCUT2D eigenvalue weighted by molar-refractivity contribution is 6.01. The molecule has 1 aromatic heterocycles. The van der Waals surface area contributed by atoms with Gasteiger partial charge in [0.05, 0.1) is 25.2 Å². The number of aryl methyl sites for hydroxylation is 1. The van der Waals surface area contributed by atoms with Gasteiger partial charge in [-0.15, -0.1) is 0 Å². The molecule has 27 heavy (non-hydrogen) atoms. The summed E-state index contributed by atoms with van der Waals surface area (Å²) in [4.78, 5) is 23.7. The van der Waals surface area contributed by atoms with E-state index in [1.807, 2.05) is 32.9 Å². The van der Waals surface area contributed by atoms with Gasteiger partial charge in [-0.05, 0) is 52.3 Å². The minimum atomic E-state index is -0.510. The first-order valence-corrected chi connectivity index (χ1v) is 8.98. The van der Waals surface area contributed by atoms with Crippen LogP contribution >= 0.6 is 0 Å². The van der Waals surface area contributed by atoms with Gasteiger partial charge in [-0.2, -0.15) is 5.26 Å². The lowest BCUT2D eigenvalue weighted by Gasteiger charge is -2.17. The number of ether oxygens (including phenoxy) is 2. The van der Waals surface area contributed by atoms with E-state index in [2.05, 4.69) is 9.88 Å². The van der Waals surface area contributed by atoms with Gasteiger partial charge >= 0.3 is 5.97 Å². The first kappa shape index (κ1) is 22.5. The second-order valence-electron chi connectivity index (χ2n) is 6.72. The molecule has 1 rings (SSSR count). The van der Waals surface area contributed by atoms with E-state index in [1.54, 1.807) is 27.0 Å². The smallest absolute Gasteiger partial charge is 0.307 e. The summed E-state index contributed by atoms with van der Waals surface area (Å²) in [6.45, 7) is 10.2. The Morgan fingerprint density at radius 2 is 2.00 bits per heavy atom. The van der Waals surface area contributed by atoms with Gasteiger partial charge in [0.2, 0.25) is 0 Å². The Balaban J connectivity index is 2.85. The van der Waals surface area contributed by atoms with Crippen LogP contribution in [0.15, 0.2) is 11.6 Å². The number of nitriles is 1. The first-order valence-electron chi connectivity index (χ1n) is 8.98. The average Bonchev–Trinajstić information content (AvgIpc) is 2.85. The molecule has 7 nitrogen and oxygen atoms in total. The molecule has 1 aromatic rings. The predicted octanol–water partition coefficient (Wildman–Crippen LogP) is 2.68. The molecule has 0 saturated heterocycles. The Hall–Kier alpha value is -2.59. The second kappa shape index (κ2) is 10.5. The van der Waals surface area contributed by atoms with E-state index in [-0.39, 0.29) is 36.7 Å². The van der Waals surface area contributed by atoms with E-state index >= 15 is 0 Å². The SMILES string of the molecule is COCC(C)n1c(C)cc(/C=C(\C#N)C(=O)NCCC(=O)OC(C)C)c1C. The highest BCUT2D eigenvalue weighted by Gasteiger charge is 2.16. The fourth-order valence-corrected chi connectivity index (χ4v) is 2.94. The van der Waals surface area contributed by atoms with Crippen LogP contribution < -0.4 is 5.32 Å². The number of hydrogen-bond acceptors (Lipinski definition) is 5. The van der Waals surface area contributed by atoms with Gasteiger partial charge in [-0.25, -0.2) is 0 Å². The molecule has 0 aromatic carbocycles. The molecule has 0 fully saturated rings. The van der Waals surface area contributed by atoms with Gasteiger partial charge in [0, 0.05) is 25.0 Å². The molecule has 1 unspecified atom stereocenters. The van der Waals surface area contributed by atoms with Crippen LogP contribution in [0.5, 0.6) is 0 Å². The number of aromatic nitrogens is 1. The number of nitrogens with one attached hydrogen (secondary N) is 1. The number of carbonyl (C=O) groups excluding carboxylic acids is 2. The highest BCUT2D eigenvalue weighted by Crippen LogP contribution is 2.22. The molecule has 0 radical (unpaired) electrons. The molecule has 148 valence electrons. The van der Waals surface area contributed by atoms with E-state index in [0.29, 0.717) is 6.61 Å². The van der Waals surface area contributed by atoms with Crippen molar-refractivity contribution >= 4 is 18.0 Å². The Bertz CT molecular complexity index is 741. The van der Waals surface area contributed by atoms with E-state index in [4.69, 9.17) is 9.47 Å². The second-order valence-corrected chi connectivity index (χ2v) is 6.72. The minimum Gasteiger partial charge on any atom is -0.463 e. The Morgan fingerprint density at radius 3 is 2.56 bits per heavy atom. The Labute approximate surface area is 160 Å². The number of methoxy groups -OCH3 is 1. The van der Waals surface area contributed by atoms with E-state index in [0.717, 1.165) is 17.0 Å². The standard InChI is InChI=1S/C20H29N3O4/c1-13(2)27-19(24)7-8-22-20(25)18(11-21)10-17-9-14(3)23(16(17)5)15(4)12-26-6/h9-10,13,15H,7-8,12H2,1-6H3,(H,22,25)/b18-10+. The van der Waals surface area contributed by atoms with Crippen LogP contribution in [0.2, 0.25) is 0 Å². The fraction of sp³-hybridized carbons (Fsp3) is 0.550. The zero-order valence-corrected chi connectivity index (χ0v) is 17.0. The van der Waals surface area contributed by atoms with Gasteiger partial charge in [-0.1, -0.05) is 0 Å². The number of hydrogen-bond donors (Lipinski definition) is 1. The van der Waals surface area contributed by atoms with Gasteiger partial charge in [0.1, 0.15) is 11.6 Å². The normalized spacial score (nSPS) is 12.6. The number of esters is 1. The van der Waals surface area contributed by atoms with Gasteiger partial charge < -0.3 is 19.4 Å². The summed E-state index contributed by atoms with van der Waals surface area (Å²) in [7, 11) is 1.65. The van der Waals surface area contributed by atoms with Crippen molar-refractivity contribution in [2.75, 3.05) is 20.3 Å². The molecule has 1 heterocycles. The summed E-state index contributed by atoms with van der Waals surface area (Å²) in [5.74, 6) is -0.895. The molecule has 0 spiro atoms.